The highest BCUT2D eigenvalue weighted by atomic mass is 35.5. The Morgan fingerprint density at radius 3 is 2.83 bits per heavy atom. The van der Waals surface area contributed by atoms with Crippen LogP contribution in [0.3, 0.4) is 0 Å². The van der Waals surface area contributed by atoms with Gasteiger partial charge in [-0.25, -0.2) is 0 Å². The van der Waals surface area contributed by atoms with Crippen LogP contribution in [0.1, 0.15) is 26.2 Å². The van der Waals surface area contributed by atoms with Gasteiger partial charge in [-0.2, -0.15) is 0 Å². The van der Waals surface area contributed by atoms with E-state index in [4.69, 9.17) is 11.6 Å². The van der Waals surface area contributed by atoms with E-state index in [9.17, 15) is 9.90 Å². The number of phenolic OH excluding ortho intramolecular Hbond substituents is 1. The lowest BCUT2D eigenvalue weighted by Gasteiger charge is -2.11. The average molecular weight is 351 g/mol. The molecule has 0 heterocycles. The molecule has 0 bridgehead atoms. The summed E-state index contributed by atoms with van der Waals surface area (Å²) in [6.45, 7) is 2.03. The number of aromatic hydroxyl groups is 1. The van der Waals surface area contributed by atoms with Gasteiger partial charge in [0.25, 0.3) is 0 Å². The van der Waals surface area contributed by atoms with Crippen LogP contribution in [0.15, 0.2) is 47.4 Å². The second-order valence-electron chi connectivity index (χ2n) is 5.05. The lowest BCUT2D eigenvalue weighted by molar-refractivity contribution is -0.116. The van der Waals surface area contributed by atoms with Gasteiger partial charge in [-0.1, -0.05) is 31.0 Å². The summed E-state index contributed by atoms with van der Waals surface area (Å²) in [5.41, 5.74) is 1.18. The number of anilines is 2. The van der Waals surface area contributed by atoms with Crippen LogP contribution in [-0.2, 0) is 4.79 Å². The predicted octanol–water partition coefficient (Wildman–Crippen LogP) is 5.29. The zero-order valence-corrected chi connectivity index (χ0v) is 14.4. The van der Waals surface area contributed by atoms with Crippen LogP contribution in [0.2, 0.25) is 5.02 Å². The number of unbranched alkanes of at least 4 members (excludes halogenated alkanes) is 1. The maximum atomic E-state index is 11.8. The summed E-state index contributed by atoms with van der Waals surface area (Å²) in [6, 6.07) is 12.5. The number of carbonyl (C=O) groups excluding carboxylic acids is 1. The number of amides is 1. The van der Waals surface area contributed by atoms with Crippen molar-refractivity contribution in [3.63, 3.8) is 0 Å². The van der Waals surface area contributed by atoms with E-state index >= 15 is 0 Å². The van der Waals surface area contributed by atoms with Gasteiger partial charge in [-0.05, 0) is 54.8 Å². The molecule has 1 amide bonds. The SMILES string of the molecule is CCCCC(=O)Nc1cc(NSc2cccc(Cl)c2)ccc1O. The number of benzene rings is 2. The predicted molar refractivity (Wildman–Crippen MR) is 97.2 cm³/mol. The van der Waals surface area contributed by atoms with Crippen LogP contribution < -0.4 is 10.0 Å². The van der Waals surface area contributed by atoms with Crippen LogP contribution in [0.25, 0.3) is 0 Å². The van der Waals surface area contributed by atoms with Gasteiger partial charge in [-0.15, -0.1) is 0 Å². The summed E-state index contributed by atoms with van der Waals surface area (Å²) >= 11 is 7.36. The third-order valence-corrected chi connectivity index (χ3v) is 4.17. The molecule has 0 spiro atoms. The van der Waals surface area contributed by atoms with Crippen molar-refractivity contribution in [1.82, 2.24) is 0 Å². The Balaban J connectivity index is 2.00. The molecule has 0 aliphatic carbocycles. The monoisotopic (exact) mass is 350 g/mol. The third-order valence-electron chi connectivity index (χ3n) is 3.11. The Hall–Kier alpha value is -1.85. The molecular weight excluding hydrogens is 332 g/mol. The van der Waals surface area contributed by atoms with E-state index in [1.165, 1.54) is 11.9 Å². The highest BCUT2D eigenvalue weighted by Gasteiger charge is 2.07. The van der Waals surface area contributed by atoms with Gasteiger partial charge in [0, 0.05) is 22.0 Å². The molecule has 122 valence electrons. The minimum Gasteiger partial charge on any atom is -0.506 e. The normalized spacial score (nSPS) is 10.3. The van der Waals surface area contributed by atoms with E-state index in [0.29, 0.717) is 17.1 Å². The molecule has 0 aliphatic rings. The molecule has 0 atom stereocenters. The van der Waals surface area contributed by atoms with Crippen LogP contribution in [0.4, 0.5) is 11.4 Å². The van der Waals surface area contributed by atoms with E-state index in [-0.39, 0.29) is 11.7 Å². The lowest BCUT2D eigenvalue weighted by atomic mass is 10.2. The first kappa shape index (κ1) is 17.5. The Labute approximate surface area is 145 Å². The number of rotatable bonds is 7. The largest absolute Gasteiger partial charge is 0.506 e. The van der Waals surface area contributed by atoms with Crippen molar-refractivity contribution in [2.24, 2.45) is 0 Å². The van der Waals surface area contributed by atoms with Gasteiger partial charge in [0.05, 0.1) is 5.69 Å². The first-order chi connectivity index (χ1) is 11.1. The number of hydrogen-bond acceptors (Lipinski definition) is 4. The molecule has 0 radical (unpaired) electrons. The molecule has 6 heteroatoms. The number of halogens is 1. The molecule has 0 saturated carbocycles. The van der Waals surface area contributed by atoms with Crippen molar-refractivity contribution < 1.29 is 9.90 Å². The van der Waals surface area contributed by atoms with Crippen LogP contribution in [0, 0.1) is 0 Å². The molecule has 0 saturated heterocycles. The molecule has 23 heavy (non-hydrogen) atoms. The summed E-state index contributed by atoms with van der Waals surface area (Å²) in [5, 5.41) is 13.3. The topological polar surface area (TPSA) is 61.4 Å². The zero-order valence-electron chi connectivity index (χ0n) is 12.8. The molecule has 2 rings (SSSR count). The maximum Gasteiger partial charge on any atom is 0.224 e. The van der Waals surface area contributed by atoms with E-state index in [1.807, 2.05) is 31.2 Å². The van der Waals surface area contributed by atoms with Crippen molar-refractivity contribution in [2.45, 2.75) is 31.1 Å². The summed E-state index contributed by atoms with van der Waals surface area (Å²) < 4.78 is 3.17. The summed E-state index contributed by atoms with van der Waals surface area (Å²) in [7, 11) is 0. The molecular formula is C17H19ClN2O2S. The molecule has 0 aliphatic heterocycles. The second kappa shape index (κ2) is 8.70. The van der Waals surface area contributed by atoms with Crippen molar-refractivity contribution in [3.05, 3.63) is 47.5 Å². The second-order valence-corrected chi connectivity index (χ2v) is 6.36. The lowest BCUT2D eigenvalue weighted by Crippen LogP contribution is -2.11. The number of phenols is 1. The van der Waals surface area contributed by atoms with Gasteiger partial charge in [0.2, 0.25) is 5.91 Å². The maximum absolute atomic E-state index is 11.8. The van der Waals surface area contributed by atoms with Crippen molar-refractivity contribution in [3.8, 4) is 5.75 Å². The Morgan fingerprint density at radius 1 is 1.26 bits per heavy atom. The molecule has 2 aromatic carbocycles. The fourth-order valence-corrected chi connectivity index (χ4v) is 2.85. The molecule has 0 aromatic heterocycles. The van der Waals surface area contributed by atoms with E-state index < -0.39 is 0 Å². The summed E-state index contributed by atoms with van der Waals surface area (Å²) in [5.74, 6) is -0.0463. The van der Waals surface area contributed by atoms with Gasteiger partial charge in [0.15, 0.2) is 0 Å². The van der Waals surface area contributed by atoms with Gasteiger partial charge in [-0.3, -0.25) is 4.79 Å². The molecule has 3 N–H and O–H groups in total. The number of hydrogen-bond donors (Lipinski definition) is 3. The first-order valence-electron chi connectivity index (χ1n) is 7.40. The molecule has 4 nitrogen and oxygen atoms in total. The van der Waals surface area contributed by atoms with Crippen LogP contribution in [-0.4, -0.2) is 11.0 Å². The number of nitrogens with one attached hydrogen (secondary N) is 2. The number of carbonyl (C=O) groups is 1. The van der Waals surface area contributed by atoms with E-state index in [0.717, 1.165) is 23.4 Å². The Morgan fingerprint density at radius 2 is 2.09 bits per heavy atom. The van der Waals surface area contributed by atoms with Crippen molar-refractivity contribution in [1.29, 1.82) is 0 Å². The molecule has 0 fully saturated rings. The Kier molecular flexibility index (Phi) is 6.62. The van der Waals surface area contributed by atoms with E-state index in [2.05, 4.69) is 10.0 Å². The average Bonchev–Trinajstić information content (AvgIpc) is 2.54. The fraction of sp³-hybridized carbons (Fsp3) is 0.235. The van der Waals surface area contributed by atoms with Crippen LogP contribution >= 0.6 is 23.5 Å². The third kappa shape index (κ3) is 5.69. The van der Waals surface area contributed by atoms with Crippen LogP contribution in [0.5, 0.6) is 5.75 Å². The Bertz CT molecular complexity index is 679. The minimum absolute atomic E-state index is 0.0492. The zero-order chi connectivity index (χ0) is 16.7. The van der Waals surface area contributed by atoms with Gasteiger partial charge in [0.1, 0.15) is 5.75 Å². The molecule has 2 aromatic rings. The molecule has 0 unspecified atom stereocenters. The van der Waals surface area contributed by atoms with Gasteiger partial charge < -0.3 is 15.1 Å². The summed E-state index contributed by atoms with van der Waals surface area (Å²) in [4.78, 5) is 12.8. The van der Waals surface area contributed by atoms with Gasteiger partial charge >= 0.3 is 0 Å². The summed E-state index contributed by atoms with van der Waals surface area (Å²) in [6.07, 6.45) is 2.23. The first-order valence-corrected chi connectivity index (χ1v) is 8.59. The highest BCUT2D eigenvalue weighted by molar-refractivity contribution is 8.00. The smallest absolute Gasteiger partial charge is 0.224 e. The van der Waals surface area contributed by atoms with E-state index in [1.54, 1.807) is 18.2 Å². The standard InChI is InChI=1S/C17H19ClN2O2S/c1-2-3-7-17(22)19-15-11-13(8-9-16(15)21)20-23-14-6-4-5-12(18)10-14/h4-6,8-11,20-21H,2-3,7H2,1H3,(H,19,22). The highest BCUT2D eigenvalue weighted by Crippen LogP contribution is 2.30. The fourth-order valence-electron chi connectivity index (χ4n) is 1.90. The quantitative estimate of drug-likeness (QED) is 0.360. The van der Waals surface area contributed by atoms with Crippen molar-refractivity contribution >= 4 is 40.8 Å². The minimum atomic E-state index is -0.0956. The van der Waals surface area contributed by atoms with Crippen molar-refractivity contribution in [2.75, 3.05) is 10.0 Å².